The van der Waals surface area contributed by atoms with Crippen LogP contribution in [0.1, 0.15) is 22.0 Å². The molecule has 0 spiro atoms. The van der Waals surface area contributed by atoms with Crippen molar-refractivity contribution in [1.29, 1.82) is 0 Å². The van der Waals surface area contributed by atoms with Crippen LogP contribution in [0.25, 0.3) is 0 Å². The van der Waals surface area contributed by atoms with Gasteiger partial charge in [-0.3, -0.25) is 9.78 Å². The minimum Gasteiger partial charge on any atom is -0.464 e. The summed E-state index contributed by atoms with van der Waals surface area (Å²) < 4.78 is 5.79. The number of rotatable bonds is 10. The summed E-state index contributed by atoms with van der Waals surface area (Å²) in [5.74, 6) is 4.21. The summed E-state index contributed by atoms with van der Waals surface area (Å²) in [5.41, 5.74) is 0.598. The average molecular weight is 405 g/mol. The fraction of sp³-hybridized carbons (Fsp3) is 0.368. The number of hydrogen-bond donors (Lipinski definition) is 2. The zero-order valence-electron chi connectivity index (χ0n) is 15.5. The van der Waals surface area contributed by atoms with Crippen LogP contribution in [0.5, 0.6) is 0 Å². The molecule has 3 aromatic heterocycles. The molecule has 0 aromatic carbocycles. The topological polar surface area (TPSA) is 74.2 Å². The number of aromatic nitrogens is 2. The Kier molecular flexibility index (Phi) is 7.14. The molecule has 0 aliphatic rings. The third-order valence-corrected chi connectivity index (χ3v) is 5.65. The first-order chi connectivity index (χ1) is 13.1. The molecule has 144 valence electrons. The van der Waals surface area contributed by atoms with Crippen LogP contribution < -0.4 is 10.9 Å². The van der Waals surface area contributed by atoms with Gasteiger partial charge in [0.25, 0.3) is 5.56 Å². The molecule has 8 heteroatoms. The molecule has 0 aliphatic heterocycles. The summed E-state index contributed by atoms with van der Waals surface area (Å²) >= 11 is 3.42. The number of anilines is 1. The summed E-state index contributed by atoms with van der Waals surface area (Å²) in [5, 5.41) is 5.18. The largest absolute Gasteiger partial charge is 0.464 e. The molecular formula is C19H24N4O2S2. The third kappa shape index (κ3) is 6.27. The summed E-state index contributed by atoms with van der Waals surface area (Å²) in [6.45, 7) is 1.54. The number of thioether (sulfide) groups is 1. The van der Waals surface area contributed by atoms with E-state index in [0.717, 1.165) is 41.0 Å². The van der Waals surface area contributed by atoms with Gasteiger partial charge in [0.1, 0.15) is 11.5 Å². The number of thiophene rings is 1. The highest BCUT2D eigenvalue weighted by molar-refractivity contribution is 7.98. The van der Waals surface area contributed by atoms with Crippen LogP contribution in [0.2, 0.25) is 0 Å². The van der Waals surface area contributed by atoms with E-state index in [4.69, 9.17) is 4.42 Å². The first-order valence-corrected chi connectivity index (χ1v) is 10.8. The molecule has 0 bridgehead atoms. The standard InChI is InChI=1S/C19H24N4O2S2/c1-23(2)12-15-5-6-16(25-15)13-26-9-7-20-19-21-11-14(18(24)22-19)10-17-4-3-8-27-17/h3-6,8,11H,7,9-10,12-13H2,1-2H3,(H2,20,21,22,24). The zero-order valence-corrected chi connectivity index (χ0v) is 17.2. The van der Waals surface area contributed by atoms with E-state index in [9.17, 15) is 4.79 Å². The molecule has 6 nitrogen and oxygen atoms in total. The van der Waals surface area contributed by atoms with Gasteiger partial charge in [0.05, 0.1) is 12.3 Å². The van der Waals surface area contributed by atoms with Gasteiger partial charge in [0.15, 0.2) is 0 Å². The second-order valence-corrected chi connectivity index (χ2v) is 8.56. The normalized spacial score (nSPS) is 11.2. The van der Waals surface area contributed by atoms with Crippen molar-refractivity contribution in [1.82, 2.24) is 14.9 Å². The molecule has 3 heterocycles. The molecule has 27 heavy (non-hydrogen) atoms. The fourth-order valence-electron chi connectivity index (χ4n) is 2.55. The van der Waals surface area contributed by atoms with Crippen LogP contribution in [0, 0.1) is 0 Å². The van der Waals surface area contributed by atoms with Gasteiger partial charge >= 0.3 is 0 Å². The average Bonchev–Trinajstić information content (AvgIpc) is 3.28. The molecule has 0 atom stereocenters. The Morgan fingerprint density at radius 3 is 2.89 bits per heavy atom. The molecule has 0 radical (unpaired) electrons. The smallest absolute Gasteiger partial charge is 0.255 e. The number of hydrogen-bond acceptors (Lipinski definition) is 7. The maximum Gasteiger partial charge on any atom is 0.255 e. The van der Waals surface area contributed by atoms with Crippen molar-refractivity contribution in [2.75, 3.05) is 31.7 Å². The lowest BCUT2D eigenvalue weighted by atomic mass is 10.2. The molecule has 2 N–H and O–H groups in total. The number of H-pyrrole nitrogens is 1. The highest BCUT2D eigenvalue weighted by Crippen LogP contribution is 2.16. The first kappa shape index (κ1) is 19.7. The van der Waals surface area contributed by atoms with Gasteiger partial charge in [0.2, 0.25) is 5.95 Å². The number of nitrogens with zero attached hydrogens (tertiary/aromatic N) is 2. The predicted octanol–water partition coefficient (Wildman–Crippen LogP) is 3.42. The molecule has 0 unspecified atom stereocenters. The summed E-state index contributed by atoms with van der Waals surface area (Å²) in [6.07, 6.45) is 2.28. The number of nitrogens with one attached hydrogen (secondary N) is 2. The van der Waals surface area contributed by atoms with E-state index in [1.54, 1.807) is 29.3 Å². The second-order valence-electron chi connectivity index (χ2n) is 6.43. The van der Waals surface area contributed by atoms with E-state index in [1.165, 1.54) is 0 Å². The van der Waals surface area contributed by atoms with Gasteiger partial charge in [-0.05, 0) is 37.7 Å². The second kappa shape index (κ2) is 9.77. The maximum absolute atomic E-state index is 12.2. The Morgan fingerprint density at radius 2 is 2.15 bits per heavy atom. The van der Waals surface area contributed by atoms with Crippen molar-refractivity contribution in [3.63, 3.8) is 0 Å². The SMILES string of the molecule is CN(C)Cc1ccc(CSCCNc2ncc(Cc3cccs3)c(=O)[nH]2)o1. The Hall–Kier alpha value is -2.03. The first-order valence-electron chi connectivity index (χ1n) is 8.74. The maximum atomic E-state index is 12.2. The number of aromatic amines is 1. The van der Waals surface area contributed by atoms with Crippen LogP contribution >= 0.6 is 23.1 Å². The van der Waals surface area contributed by atoms with E-state index in [2.05, 4.69) is 20.2 Å². The van der Waals surface area contributed by atoms with Crippen LogP contribution in [-0.2, 0) is 18.7 Å². The molecule has 0 saturated carbocycles. The molecule has 0 saturated heterocycles. The molecular weight excluding hydrogens is 380 g/mol. The van der Waals surface area contributed by atoms with Crippen molar-refractivity contribution in [2.45, 2.75) is 18.7 Å². The van der Waals surface area contributed by atoms with Crippen molar-refractivity contribution in [2.24, 2.45) is 0 Å². The summed E-state index contributed by atoms with van der Waals surface area (Å²) in [7, 11) is 4.05. The Balaban J connectivity index is 1.39. The molecule has 3 rings (SSSR count). The van der Waals surface area contributed by atoms with E-state index in [1.807, 2.05) is 43.7 Å². The van der Waals surface area contributed by atoms with Crippen molar-refractivity contribution >= 4 is 29.0 Å². The lowest BCUT2D eigenvalue weighted by molar-refractivity contribution is 0.344. The van der Waals surface area contributed by atoms with Gasteiger partial charge in [-0.25, -0.2) is 4.98 Å². The molecule has 0 fully saturated rings. The lowest BCUT2D eigenvalue weighted by Gasteiger charge is -2.06. The van der Waals surface area contributed by atoms with Crippen LogP contribution in [0.15, 0.2) is 45.1 Å². The lowest BCUT2D eigenvalue weighted by Crippen LogP contribution is -2.17. The van der Waals surface area contributed by atoms with Gasteiger partial charge in [-0.1, -0.05) is 6.07 Å². The van der Waals surface area contributed by atoms with Crippen LogP contribution in [0.3, 0.4) is 0 Å². The van der Waals surface area contributed by atoms with Crippen molar-refractivity contribution in [3.8, 4) is 0 Å². The molecule has 0 amide bonds. The third-order valence-electron chi connectivity index (χ3n) is 3.79. The minimum atomic E-state index is -0.0856. The highest BCUT2D eigenvalue weighted by atomic mass is 32.2. The molecule has 0 aliphatic carbocycles. The van der Waals surface area contributed by atoms with Crippen LogP contribution in [-0.4, -0.2) is 41.3 Å². The zero-order chi connectivity index (χ0) is 19.1. The number of furan rings is 1. The van der Waals surface area contributed by atoms with Gasteiger partial charge in [-0.2, -0.15) is 11.8 Å². The minimum absolute atomic E-state index is 0.0856. The van der Waals surface area contributed by atoms with Crippen molar-refractivity contribution < 1.29 is 4.42 Å². The van der Waals surface area contributed by atoms with Gasteiger partial charge in [0, 0.05) is 35.4 Å². The Labute approximate surface area is 167 Å². The predicted molar refractivity (Wildman–Crippen MR) is 113 cm³/mol. The summed E-state index contributed by atoms with van der Waals surface area (Å²) in [6, 6.07) is 8.07. The van der Waals surface area contributed by atoms with E-state index in [-0.39, 0.29) is 5.56 Å². The van der Waals surface area contributed by atoms with Gasteiger partial charge in [-0.15, -0.1) is 11.3 Å². The summed E-state index contributed by atoms with van der Waals surface area (Å²) in [4.78, 5) is 22.5. The van der Waals surface area contributed by atoms with E-state index in [0.29, 0.717) is 17.9 Å². The Morgan fingerprint density at radius 1 is 1.30 bits per heavy atom. The van der Waals surface area contributed by atoms with E-state index < -0.39 is 0 Å². The quantitative estimate of drug-likeness (QED) is 0.505. The fourth-order valence-corrected chi connectivity index (χ4v) is 4.02. The van der Waals surface area contributed by atoms with Crippen molar-refractivity contribution in [3.05, 3.63) is 68.2 Å². The van der Waals surface area contributed by atoms with Crippen LogP contribution in [0.4, 0.5) is 5.95 Å². The Bertz CT molecular complexity index is 887. The van der Waals surface area contributed by atoms with Gasteiger partial charge < -0.3 is 14.6 Å². The highest BCUT2D eigenvalue weighted by Gasteiger charge is 2.06. The van der Waals surface area contributed by atoms with E-state index >= 15 is 0 Å². The monoisotopic (exact) mass is 404 g/mol. The molecule has 3 aromatic rings.